The number of pyridine rings is 1. The standard InChI is InChI=1S/C24H26Cl2N2O4/c1-3-4-7-10-32-22-18(25)11-15(12-19(22)26)21(29)20-14(2)17(13-27)23(30)28(24(20)31)16-8-5-6-9-16/h11-12,16,31H,3-10H2,1-2H3. The lowest BCUT2D eigenvalue weighted by molar-refractivity contribution is 0.103. The van der Waals surface area contributed by atoms with Gasteiger partial charge >= 0.3 is 0 Å². The molecule has 1 aromatic heterocycles. The van der Waals surface area contributed by atoms with E-state index in [1.165, 1.54) is 23.6 Å². The zero-order chi connectivity index (χ0) is 23.4. The van der Waals surface area contributed by atoms with E-state index in [2.05, 4.69) is 6.92 Å². The van der Waals surface area contributed by atoms with Crippen LogP contribution in [-0.2, 0) is 0 Å². The Balaban J connectivity index is 2.05. The molecule has 8 heteroatoms. The van der Waals surface area contributed by atoms with Gasteiger partial charge in [0.25, 0.3) is 5.56 Å². The quantitative estimate of drug-likeness (QED) is 0.374. The van der Waals surface area contributed by atoms with Gasteiger partial charge in [-0.2, -0.15) is 5.26 Å². The SMILES string of the molecule is CCCCCOc1c(Cl)cc(C(=O)c2c(C)c(C#N)c(=O)n(C3CCCC3)c2O)cc1Cl. The highest BCUT2D eigenvalue weighted by Crippen LogP contribution is 2.38. The third-order valence-electron chi connectivity index (χ3n) is 5.92. The molecule has 0 saturated heterocycles. The summed E-state index contributed by atoms with van der Waals surface area (Å²) in [7, 11) is 0. The van der Waals surface area contributed by atoms with Crippen molar-refractivity contribution < 1.29 is 14.6 Å². The molecule has 2 aromatic rings. The summed E-state index contributed by atoms with van der Waals surface area (Å²) in [6.45, 7) is 4.03. The van der Waals surface area contributed by atoms with Crippen LogP contribution in [0.2, 0.25) is 10.0 Å². The number of carbonyl (C=O) groups excluding carboxylic acids is 1. The molecule has 1 aliphatic carbocycles. The summed E-state index contributed by atoms with van der Waals surface area (Å²) in [6, 6.07) is 4.52. The lowest BCUT2D eigenvalue weighted by Crippen LogP contribution is -2.29. The molecule has 0 aliphatic heterocycles. The molecule has 3 rings (SSSR count). The Kier molecular flexibility index (Phi) is 7.86. The molecule has 170 valence electrons. The highest BCUT2D eigenvalue weighted by molar-refractivity contribution is 6.38. The lowest BCUT2D eigenvalue weighted by atomic mass is 9.96. The van der Waals surface area contributed by atoms with E-state index in [-0.39, 0.29) is 38.3 Å². The largest absolute Gasteiger partial charge is 0.494 e. The van der Waals surface area contributed by atoms with Crippen molar-refractivity contribution >= 4 is 29.0 Å². The number of carbonyl (C=O) groups is 1. The number of benzene rings is 1. The van der Waals surface area contributed by atoms with Crippen LogP contribution in [0.3, 0.4) is 0 Å². The fourth-order valence-electron chi connectivity index (χ4n) is 4.19. The first-order valence-corrected chi connectivity index (χ1v) is 11.6. The second-order valence-corrected chi connectivity index (χ2v) is 8.89. The summed E-state index contributed by atoms with van der Waals surface area (Å²) in [5.74, 6) is -0.685. The molecule has 0 spiro atoms. The number of ketones is 1. The number of nitrogens with zero attached hydrogens (tertiary/aromatic N) is 2. The van der Waals surface area contributed by atoms with Crippen molar-refractivity contribution in [1.82, 2.24) is 4.57 Å². The number of nitriles is 1. The maximum absolute atomic E-state index is 13.4. The van der Waals surface area contributed by atoms with Crippen LogP contribution < -0.4 is 10.3 Å². The van der Waals surface area contributed by atoms with Gasteiger partial charge in [-0.3, -0.25) is 14.2 Å². The molecule has 1 N–H and O–H groups in total. The van der Waals surface area contributed by atoms with Crippen LogP contribution in [0, 0.1) is 18.3 Å². The van der Waals surface area contributed by atoms with E-state index in [9.17, 15) is 20.0 Å². The van der Waals surface area contributed by atoms with Crippen molar-refractivity contribution in [2.45, 2.75) is 64.8 Å². The zero-order valence-electron chi connectivity index (χ0n) is 18.2. The van der Waals surface area contributed by atoms with Crippen LogP contribution in [-0.4, -0.2) is 22.1 Å². The van der Waals surface area contributed by atoms with E-state index in [1.54, 1.807) is 0 Å². The number of aromatic hydroxyl groups is 1. The molecule has 0 radical (unpaired) electrons. The number of rotatable bonds is 8. The molecule has 1 aromatic carbocycles. The topological polar surface area (TPSA) is 92.3 Å². The Morgan fingerprint density at radius 1 is 1.25 bits per heavy atom. The van der Waals surface area contributed by atoms with E-state index in [4.69, 9.17) is 27.9 Å². The van der Waals surface area contributed by atoms with E-state index in [0.29, 0.717) is 25.2 Å². The summed E-state index contributed by atoms with van der Waals surface area (Å²) >= 11 is 12.7. The normalized spacial score (nSPS) is 13.8. The molecule has 1 aliphatic rings. The van der Waals surface area contributed by atoms with Gasteiger partial charge in [0.1, 0.15) is 11.6 Å². The van der Waals surface area contributed by atoms with Gasteiger partial charge in [0.2, 0.25) is 5.88 Å². The van der Waals surface area contributed by atoms with Crippen LogP contribution in [0.5, 0.6) is 11.6 Å². The predicted molar refractivity (Wildman–Crippen MR) is 124 cm³/mol. The van der Waals surface area contributed by atoms with Crippen LogP contribution in [0.4, 0.5) is 0 Å². The Bertz CT molecular complexity index is 1110. The highest BCUT2D eigenvalue weighted by atomic mass is 35.5. The van der Waals surface area contributed by atoms with Crippen LogP contribution in [0.15, 0.2) is 16.9 Å². The molecular formula is C24H26Cl2N2O4. The van der Waals surface area contributed by atoms with Gasteiger partial charge in [-0.1, -0.05) is 55.8 Å². The summed E-state index contributed by atoms with van der Waals surface area (Å²) in [5.41, 5.74) is -0.526. The Hall–Kier alpha value is -2.49. The second-order valence-electron chi connectivity index (χ2n) is 8.08. The van der Waals surface area contributed by atoms with Crippen molar-refractivity contribution in [2.75, 3.05) is 6.61 Å². The van der Waals surface area contributed by atoms with E-state index >= 15 is 0 Å². The van der Waals surface area contributed by atoms with Crippen LogP contribution >= 0.6 is 23.2 Å². The average molecular weight is 477 g/mol. The van der Waals surface area contributed by atoms with Gasteiger partial charge in [0, 0.05) is 11.6 Å². The van der Waals surface area contributed by atoms with Gasteiger partial charge in [0.15, 0.2) is 11.5 Å². The molecule has 6 nitrogen and oxygen atoms in total. The minimum Gasteiger partial charge on any atom is -0.494 e. The van der Waals surface area contributed by atoms with Crippen molar-refractivity contribution in [2.24, 2.45) is 0 Å². The third-order valence-corrected chi connectivity index (χ3v) is 6.48. The van der Waals surface area contributed by atoms with Crippen molar-refractivity contribution in [3.8, 4) is 17.7 Å². The second kappa shape index (κ2) is 10.4. The summed E-state index contributed by atoms with van der Waals surface area (Å²) in [4.78, 5) is 26.3. The minimum absolute atomic E-state index is 0.0863. The fraction of sp³-hybridized carbons (Fsp3) is 0.458. The van der Waals surface area contributed by atoms with Gasteiger partial charge in [-0.15, -0.1) is 0 Å². The number of hydrogen-bond donors (Lipinski definition) is 1. The highest BCUT2D eigenvalue weighted by Gasteiger charge is 2.30. The third kappa shape index (κ3) is 4.65. The lowest BCUT2D eigenvalue weighted by Gasteiger charge is -2.20. The number of hydrogen-bond acceptors (Lipinski definition) is 5. The Labute approximate surface area is 197 Å². The molecule has 1 fully saturated rings. The Morgan fingerprint density at radius 3 is 2.44 bits per heavy atom. The van der Waals surface area contributed by atoms with E-state index in [1.807, 2.05) is 6.07 Å². The first-order valence-electron chi connectivity index (χ1n) is 10.9. The van der Waals surface area contributed by atoms with Crippen molar-refractivity contribution in [1.29, 1.82) is 5.26 Å². The molecule has 0 atom stereocenters. The fourth-order valence-corrected chi connectivity index (χ4v) is 4.79. The predicted octanol–water partition coefficient (Wildman–Crippen LogP) is 5.96. The van der Waals surface area contributed by atoms with Crippen LogP contribution in [0.1, 0.15) is 85.0 Å². The minimum atomic E-state index is -0.571. The number of ether oxygens (including phenoxy) is 1. The van der Waals surface area contributed by atoms with E-state index < -0.39 is 17.2 Å². The maximum atomic E-state index is 13.4. The first kappa shape index (κ1) is 24.2. The monoisotopic (exact) mass is 476 g/mol. The number of aromatic nitrogens is 1. The van der Waals surface area contributed by atoms with Crippen LogP contribution in [0.25, 0.3) is 0 Å². The van der Waals surface area contributed by atoms with Crippen molar-refractivity contribution in [3.05, 3.63) is 54.8 Å². The molecule has 0 amide bonds. The molecule has 0 unspecified atom stereocenters. The molecule has 1 saturated carbocycles. The summed E-state index contributed by atoms with van der Waals surface area (Å²) in [5, 5.41) is 20.9. The smallest absolute Gasteiger partial charge is 0.271 e. The Morgan fingerprint density at radius 2 is 1.88 bits per heavy atom. The molecule has 32 heavy (non-hydrogen) atoms. The van der Waals surface area contributed by atoms with E-state index in [0.717, 1.165) is 32.1 Å². The number of halogens is 2. The summed E-state index contributed by atoms with van der Waals surface area (Å²) in [6.07, 6.45) is 6.17. The average Bonchev–Trinajstić information content (AvgIpc) is 3.27. The van der Waals surface area contributed by atoms with Gasteiger partial charge in [-0.25, -0.2) is 0 Å². The summed E-state index contributed by atoms with van der Waals surface area (Å²) < 4.78 is 6.88. The number of unbranched alkanes of at least 4 members (excludes halogenated alkanes) is 2. The maximum Gasteiger partial charge on any atom is 0.271 e. The van der Waals surface area contributed by atoms with Crippen molar-refractivity contribution in [3.63, 3.8) is 0 Å². The zero-order valence-corrected chi connectivity index (χ0v) is 19.7. The molecular weight excluding hydrogens is 451 g/mol. The van der Waals surface area contributed by atoms with Gasteiger partial charge in [-0.05, 0) is 43.9 Å². The molecule has 1 heterocycles. The van der Waals surface area contributed by atoms with Gasteiger partial charge in [0.05, 0.1) is 22.2 Å². The van der Waals surface area contributed by atoms with Gasteiger partial charge < -0.3 is 9.84 Å². The first-order chi connectivity index (χ1) is 15.3. The molecule has 0 bridgehead atoms.